The highest BCUT2D eigenvalue weighted by Gasteiger charge is 2.58. The molecule has 2 aliphatic rings. The summed E-state index contributed by atoms with van der Waals surface area (Å²) >= 11 is 0. The number of carbonyl (C=O) groups is 1. The lowest BCUT2D eigenvalue weighted by Crippen LogP contribution is -2.37. The molecule has 1 saturated heterocycles. The summed E-state index contributed by atoms with van der Waals surface area (Å²) in [5, 5.41) is 8.13. The molecule has 37 heavy (non-hydrogen) atoms. The van der Waals surface area contributed by atoms with Crippen molar-refractivity contribution < 1.29 is 4.79 Å². The van der Waals surface area contributed by atoms with E-state index >= 15 is 0 Å². The Morgan fingerprint density at radius 1 is 0.946 bits per heavy atom. The monoisotopic (exact) mass is 491 g/mol. The van der Waals surface area contributed by atoms with E-state index in [0.717, 1.165) is 68.0 Å². The number of hydrogen-bond donors (Lipinski definition) is 1. The maximum atomic E-state index is 12.8. The summed E-state index contributed by atoms with van der Waals surface area (Å²) in [5.74, 6) is 0.388. The van der Waals surface area contributed by atoms with E-state index in [2.05, 4.69) is 57.8 Å². The average Bonchev–Trinajstić information content (AvgIpc) is 3.50. The normalized spacial score (nSPS) is 18.5. The Balaban J connectivity index is 1.07. The largest absolute Gasteiger partial charge is 0.355 e. The van der Waals surface area contributed by atoms with Gasteiger partial charge in [-0.3, -0.25) is 14.7 Å². The molecule has 6 rings (SSSR count). The van der Waals surface area contributed by atoms with Crippen LogP contribution in [0, 0.1) is 11.3 Å². The van der Waals surface area contributed by atoms with Gasteiger partial charge in [0, 0.05) is 54.6 Å². The Kier molecular flexibility index (Phi) is 6.58. The number of hydrogen-bond acceptors (Lipinski definition) is 4. The SMILES string of the molecule is O=C(NCCc1ccccn1)[C@H]1CC12CCN(Cc1cn(-c3ccccc3)nc1-c1ccccc1)CC2. The quantitative estimate of drug-likeness (QED) is 0.381. The molecule has 0 radical (unpaired) electrons. The van der Waals surface area contributed by atoms with Gasteiger partial charge in [-0.1, -0.05) is 54.6 Å². The van der Waals surface area contributed by atoms with Gasteiger partial charge < -0.3 is 5.32 Å². The van der Waals surface area contributed by atoms with Gasteiger partial charge in [-0.2, -0.15) is 5.10 Å². The highest BCUT2D eigenvalue weighted by molar-refractivity contribution is 5.82. The van der Waals surface area contributed by atoms with Crippen molar-refractivity contribution in [3.8, 4) is 16.9 Å². The molecule has 3 heterocycles. The molecular weight excluding hydrogens is 458 g/mol. The summed E-state index contributed by atoms with van der Waals surface area (Å²) in [7, 11) is 0. The lowest BCUT2D eigenvalue weighted by Gasteiger charge is -2.32. The van der Waals surface area contributed by atoms with Crippen LogP contribution in [0.4, 0.5) is 0 Å². The van der Waals surface area contributed by atoms with E-state index in [1.54, 1.807) is 6.20 Å². The van der Waals surface area contributed by atoms with Crippen molar-refractivity contribution in [2.24, 2.45) is 11.3 Å². The fourth-order valence-corrected chi connectivity index (χ4v) is 5.73. The number of carbonyl (C=O) groups excluding carboxylic acids is 1. The van der Waals surface area contributed by atoms with Gasteiger partial charge in [-0.15, -0.1) is 0 Å². The number of para-hydroxylation sites is 1. The van der Waals surface area contributed by atoms with Crippen molar-refractivity contribution in [1.82, 2.24) is 25.0 Å². The number of rotatable bonds is 8. The minimum Gasteiger partial charge on any atom is -0.355 e. The lowest BCUT2D eigenvalue weighted by molar-refractivity contribution is -0.123. The number of pyridine rings is 1. The first-order chi connectivity index (χ1) is 18.2. The molecule has 188 valence electrons. The fourth-order valence-electron chi connectivity index (χ4n) is 5.73. The number of amides is 1. The third kappa shape index (κ3) is 5.20. The van der Waals surface area contributed by atoms with Crippen LogP contribution in [0.25, 0.3) is 16.9 Å². The van der Waals surface area contributed by atoms with Gasteiger partial charge in [-0.25, -0.2) is 4.68 Å². The predicted molar refractivity (Wildman–Crippen MR) is 145 cm³/mol. The maximum Gasteiger partial charge on any atom is 0.223 e. The maximum absolute atomic E-state index is 12.8. The van der Waals surface area contributed by atoms with Crippen LogP contribution in [-0.4, -0.2) is 45.2 Å². The molecule has 4 aromatic rings. The van der Waals surface area contributed by atoms with Gasteiger partial charge in [0.1, 0.15) is 0 Å². The van der Waals surface area contributed by atoms with E-state index in [1.165, 1.54) is 5.56 Å². The van der Waals surface area contributed by atoms with Crippen LogP contribution >= 0.6 is 0 Å². The zero-order chi connectivity index (χ0) is 25.1. The third-order valence-electron chi connectivity index (χ3n) is 8.02. The second kappa shape index (κ2) is 10.3. The van der Waals surface area contributed by atoms with E-state index in [9.17, 15) is 4.79 Å². The topological polar surface area (TPSA) is 63.1 Å². The molecule has 0 bridgehead atoms. The van der Waals surface area contributed by atoms with Gasteiger partial charge in [0.15, 0.2) is 0 Å². The van der Waals surface area contributed by atoms with Crippen molar-refractivity contribution >= 4 is 5.91 Å². The Hall–Kier alpha value is -3.77. The summed E-state index contributed by atoms with van der Waals surface area (Å²) < 4.78 is 2.00. The Labute approximate surface area is 218 Å². The van der Waals surface area contributed by atoms with Gasteiger partial charge in [0.05, 0.1) is 11.4 Å². The number of nitrogens with zero attached hydrogens (tertiary/aromatic N) is 4. The van der Waals surface area contributed by atoms with Crippen molar-refractivity contribution in [3.63, 3.8) is 0 Å². The molecule has 1 saturated carbocycles. The standard InChI is InChI=1S/C31H33N5O/c37-30(33-18-14-26-11-7-8-17-32-26)28-21-31(28)15-19-35(20-16-31)22-25-23-36(27-12-5-2-6-13-27)34-29(25)24-9-3-1-4-10-24/h1-13,17,23,28H,14-16,18-22H2,(H,33,37)/t28-/m1/s1. The molecule has 1 spiro atoms. The van der Waals surface area contributed by atoms with E-state index in [-0.39, 0.29) is 17.2 Å². The number of nitrogens with one attached hydrogen (secondary N) is 1. The predicted octanol–water partition coefficient (Wildman–Crippen LogP) is 4.90. The molecule has 6 nitrogen and oxygen atoms in total. The Morgan fingerprint density at radius 3 is 2.41 bits per heavy atom. The van der Waals surface area contributed by atoms with Crippen LogP contribution in [0.3, 0.4) is 0 Å². The molecule has 1 atom stereocenters. The van der Waals surface area contributed by atoms with Crippen LogP contribution in [0.1, 0.15) is 30.5 Å². The summed E-state index contributed by atoms with van der Waals surface area (Å²) in [4.78, 5) is 19.7. The second-order valence-electron chi connectivity index (χ2n) is 10.4. The first-order valence-corrected chi connectivity index (χ1v) is 13.3. The van der Waals surface area contributed by atoms with Gasteiger partial charge in [0.25, 0.3) is 0 Å². The first-order valence-electron chi connectivity index (χ1n) is 13.3. The average molecular weight is 492 g/mol. The van der Waals surface area contributed by atoms with Crippen molar-refractivity contribution in [2.75, 3.05) is 19.6 Å². The van der Waals surface area contributed by atoms with Gasteiger partial charge in [0.2, 0.25) is 5.91 Å². The van der Waals surface area contributed by atoms with Gasteiger partial charge in [-0.05, 0) is 62.0 Å². The van der Waals surface area contributed by atoms with Crippen LogP contribution in [0.15, 0.2) is 91.3 Å². The summed E-state index contributed by atoms with van der Waals surface area (Å²) in [6, 6.07) is 26.7. The van der Waals surface area contributed by atoms with Crippen molar-refractivity contribution in [1.29, 1.82) is 0 Å². The smallest absolute Gasteiger partial charge is 0.223 e. The molecule has 0 unspecified atom stereocenters. The molecule has 2 aromatic heterocycles. The number of piperidine rings is 1. The third-order valence-corrected chi connectivity index (χ3v) is 8.02. The number of benzene rings is 2. The lowest BCUT2D eigenvalue weighted by atomic mass is 9.90. The molecule has 6 heteroatoms. The molecule has 1 N–H and O–H groups in total. The zero-order valence-corrected chi connectivity index (χ0v) is 21.1. The van der Waals surface area contributed by atoms with Crippen LogP contribution < -0.4 is 5.32 Å². The first kappa shape index (κ1) is 23.6. The fraction of sp³-hybridized carbons (Fsp3) is 0.323. The highest BCUT2D eigenvalue weighted by Crippen LogP contribution is 2.59. The molecular formula is C31H33N5O. The minimum absolute atomic E-state index is 0.166. The summed E-state index contributed by atoms with van der Waals surface area (Å²) in [5.41, 5.74) is 5.71. The van der Waals surface area contributed by atoms with Gasteiger partial charge >= 0.3 is 0 Å². The number of aromatic nitrogens is 3. The van der Waals surface area contributed by atoms with Crippen LogP contribution in [0.2, 0.25) is 0 Å². The molecule has 1 aliphatic carbocycles. The van der Waals surface area contributed by atoms with E-state index < -0.39 is 0 Å². The number of likely N-dealkylation sites (tertiary alicyclic amines) is 1. The molecule has 2 aromatic carbocycles. The second-order valence-corrected chi connectivity index (χ2v) is 10.4. The Bertz CT molecular complexity index is 1330. The minimum atomic E-state index is 0.166. The van der Waals surface area contributed by atoms with Crippen molar-refractivity contribution in [2.45, 2.75) is 32.2 Å². The van der Waals surface area contributed by atoms with E-state index in [0.29, 0.717) is 6.54 Å². The summed E-state index contributed by atoms with van der Waals surface area (Å²) in [6.45, 7) is 3.56. The van der Waals surface area contributed by atoms with Crippen molar-refractivity contribution in [3.05, 3.63) is 103 Å². The summed E-state index contributed by atoms with van der Waals surface area (Å²) in [6.07, 6.45) is 7.95. The Morgan fingerprint density at radius 2 is 1.68 bits per heavy atom. The molecule has 1 amide bonds. The van der Waals surface area contributed by atoms with E-state index in [4.69, 9.17) is 5.10 Å². The molecule has 2 fully saturated rings. The highest BCUT2D eigenvalue weighted by atomic mass is 16.2. The van der Waals surface area contributed by atoms with Crippen LogP contribution in [0.5, 0.6) is 0 Å². The van der Waals surface area contributed by atoms with Crippen LogP contribution in [-0.2, 0) is 17.8 Å². The van der Waals surface area contributed by atoms with E-state index in [1.807, 2.05) is 47.1 Å². The zero-order valence-electron chi connectivity index (χ0n) is 21.1. The molecule has 1 aliphatic heterocycles.